The number of benzene rings is 1. The fourth-order valence-electron chi connectivity index (χ4n) is 2.06. The zero-order valence-electron chi connectivity index (χ0n) is 12.6. The summed E-state index contributed by atoms with van der Waals surface area (Å²) in [7, 11) is 0. The second kappa shape index (κ2) is 8.42. The maximum atomic E-state index is 12.2. The number of carbonyl (C=O) groups excluding carboxylic acids is 1. The summed E-state index contributed by atoms with van der Waals surface area (Å²) < 4.78 is 0. The third-order valence-corrected chi connectivity index (χ3v) is 3.73. The van der Waals surface area contributed by atoms with E-state index in [2.05, 4.69) is 5.32 Å². The molecule has 0 aromatic heterocycles. The number of hydrogen-bond donors (Lipinski definition) is 3. The molecule has 0 aliphatic heterocycles. The Morgan fingerprint density at radius 3 is 2.43 bits per heavy atom. The molecule has 1 aromatic rings. The van der Waals surface area contributed by atoms with E-state index in [0.29, 0.717) is 6.42 Å². The van der Waals surface area contributed by atoms with E-state index in [1.54, 1.807) is 0 Å². The molecule has 0 heterocycles. The van der Waals surface area contributed by atoms with Crippen molar-refractivity contribution in [3.63, 3.8) is 0 Å². The Morgan fingerprint density at radius 1 is 1.29 bits per heavy atom. The largest absolute Gasteiger partial charge is 0.481 e. The lowest BCUT2D eigenvalue weighted by atomic mass is 9.97. The van der Waals surface area contributed by atoms with Gasteiger partial charge in [0.15, 0.2) is 0 Å². The van der Waals surface area contributed by atoms with Gasteiger partial charge in [0.1, 0.15) is 0 Å². The standard InChI is InChI=1S/C16H24N2O3/c1-3-11(2)15(17)16(21)18-13(9-10-14(19)20)12-7-5-4-6-8-12/h4-8,11,13,15H,3,9-10,17H2,1-2H3,(H,18,21)(H,19,20)/t11?,13?,15-/m0/s1. The summed E-state index contributed by atoms with van der Waals surface area (Å²) in [6, 6.07) is 8.46. The molecule has 116 valence electrons. The Hall–Kier alpha value is -1.88. The molecule has 21 heavy (non-hydrogen) atoms. The molecule has 2 unspecified atom stereocenters. The first-order valence-corrected chi connectivity index (χ1v) is 7.28. The summed E-state index contributed by atoms with van der Waals surface area (Å²) >= 11 is 0. The van der Waals surface area contributed by atoms with Crippen LogP contribution in [0.4, 0.5) is 0 Å². The van der Waals surface area contributed by atoms with E-state index in [-0.39, 0.29) is 24.3 Å². The van der Waals surface area contributed by atoms with Crippen LogP contribution < -0.4 is 11.1 Å². The number of carboxylic acids is 1. The summed E-state index contributed by atoms with van der Waals surface area (Å²) in [5.41, 5.74) is 6.82. The van der Waals surface area contributed by atoms with Gasteiger partial charge in [-0.15, -0.1) is 0 Å². The Morgan fingerprint density at radius 2 is 1.90 bits per heavy atom. The Labute approximate surface area is 125 Å². The molecule has 0 saturated carbocycles. The van der Waals surface area contributed by atoms with Gasteiger partial charge in [0.05, 0.1) is 12.1 Å². The van der Waals surface area contributed by atoms with Gasteiger partial charge in [-0.2, -0.15) is 0 Å². The Balaban J connectivity index is 2.78. The minimum atomic E-state index is -0.878. The first kappa shape index (κ1) is 17.2. The minimum Gasteiger partial charge on any atom is -0.481 e. The van der Waals surface area contributed by atoms with Gasteiger partial charge in [-0.3, -0.25) is 9.59 Å². The maximum absolute atomic E-state index is 12.2. The lowest BCUT2D eigenvalue weighted by molar-refractivity contribution is -0.137. The SMILES string of the molecule is CCC(C)[C@H](N)C(=O)NC(CCC(=O)O)c1ccccc1. The number of aliphatic carboxylic acids is 1. The van der Waals surface area contributed by atoms with Gasteiger partial charge in [0.25, 0.3) is 0 Å². The first-order chi connectivity index (χ1) is 9.95. The molecule has 0 spiro atoms. The molecule has 1 aromatic carbocycles. The molecule has 0 bridgehead atoms. The van der Waals surface area contributed by atoms with Gasteiger partial charge in [-0.05, 0) is 17.9 Å². The van der Waals surface area contributed by atoms with Crippen LogP contribution in [0.3, 0.4) is 0 Å². The molecule has 0 radical (unpaired) electrons. The van der Waals surface area contributed by atoms with Crippen LogP contribution in [0.2, 0.25) is 0 Å². The van der Waals surface area contributed by atoms with Crippen molar-refractivity contribution < 1.29 is 14.7 Å². The third-order valence-electron chi connectivity index (χ3n) is 3.73. The monoisotopic (exact) mass is 292 g/mol. The quantitative estimate of drug-likeness (QED) is 0.684. The zero-order valence-corrected chi connectivity index (χ0v) is 12.6. The normalized spacial score (nSPS) is 15.0. The highest BCUT2D eigenvalue weighted by atomic mass is 16.4. The van der Waals surface area contributed by atoms with Gasteiger partial charge in [-0.25, -0.2) is 0 Å². The number of carboxylic acid groups (broad SMARTS) is 1. The van der Waals surface area contributed by atoms with E-state index in [4.69, 9.17) is 10.8 Å². The molecule has 5 nitrogen and oxygen atoms in total. The van der Waals surface area contributed by atoms with E-state index >= 15 is 0 Å². The molecule has 0 aliphatic carbocycles. The number of hydrogen-bond acceptors (Lipinski definition) is 3. The van der Waals surface area contributed by atoms with E-state index in [1.807, 2.05) is 44.2 Å². The highest BCUT2D eigenvalue weighted by molar-refractivity contribution is 5.82. The molecule has 4 N–H and O–H groups in total. The highest BCUT2D eigenvalue weighted by Crippen LogP contribution is 2.19. The van der Waals surface area contributed by atoms with Crippen molar-refractivity contribution in [2.45, 2.75) is 45.2 Å². The van der Waals surface area contributed by atoms with E-state index < -0.39 is 12.0 Å². The molecule has 0 saturated heterocycles. The average Bonchev–Trinajstić information content (AvgIpc) is 2.50. The van der Waals surface area contributed by atoms with Crippen LogP contribution in [-0.2, 0) is 9.59 Å². The van der Waals surface area contributed by atoms with Crippen molar-refractivity contribution >= 4 is 11.9 Å². The molecule has 3 atom stereocenters. The van der Waals surface area contributed by atoms with Crippen LogP contribution in [0.15, 0.2) is 30.3 Å². The van der Waals surface area contributed by atoms with Gasteiger partial charge in [0, 0.05) is 6.42 Å². The second-order valence-electron chi connectivity index (χ2n) is 5.32. The van der Waals surface area contributed by atoms with Gasteiger partial charge >= 0.3 is 5.97 Å². The summed E-state index contributed by atoms with van der Waals surface area (Å²) in [5, 5.41) is 11.7. The Kier molecular flexibility index (Phi) is 6.88. The number of rotatable bonds is 8. The van der Waals surface area contributed by atoms with Crippen molar-refractivity contribution in [3.05, 3.63) is 35.9 Å². The third kappa shape index (κ3) is 5.55. The van der Waals surface area contributed by atoms with Crippen molar-refractivity contribution in [3.8, 4) is 0 Å². The maximum Gasteiger partial charge on any atom is 0.303 e. The van der Waals surface area contributed by atoms with Crippen LogP contribution >= 0.6 is 0 Å². The van der Waals surface area contributed by atoms with E-state index in [0.717, 1.165) is 12.0 Å². The van der Waals surface area contributed by atoms with Crippen molar-refractivity contribution in [2.75, 3.05) is 0 Å². The van der Waals surface area contributed by atoms with Crippen LogP contribution in [0.25, 0.3) is 0 Å². The predicted molar refractivity (Wildman–Crippen MR) is 81.6 cm³/mol. The van der Waals surface area contributed by atoms with E-state index in [1.165, 1.54) is 0 Å². The van der Waals surface area contributed by atoms with Crippen molar-refractivity contribution in [1.82, 2.24) is 5.32 Å². The molecular weight excluding hydrogens is 268 g/mol. The number of amides is 1. The molecule has 1 amide bonds. The van der Waals surface area contributed by atoms with Crippen LogP contribution in [0, 0.1) is 5.92 Å². The average molecular weight is 292 g/mol. The van der Waals surface area contributed by atoms with Crippen LogP contribution in [0.1, 0.15) is 44.7 Å². The van der Waals surface area contributed by atoms with Crippen molar-refractivity contribution in [2.24, 2.45) is 11.7 Å². The van der Waals surface area contributed by atoms with Crippen LogP contribution in [-0.4, -0.2) is 23.0 Å². The molecule has 0 fully saturated rings. The highest BCUT2D eigenvalue weighted by Gasteiger charge is 2.23. The summed E-state index contributed by atoms with van der Waals surface area (Å²) in [6.07, 6.45) is 1.16. The lowest BCUT2D eigenvalue weighted by Gasteiger charge is -2.23. The zero-order chi connectivity index (χ0) is 15.8. The lowest BCUT2D eigenvalue weighted by Crippen LogP contribution is -2.45. The van der Waals surface area contributed by atoms with Crippen LogP contribution in [0.5, 0.6) is 0 Å². The van der Waals surface area contributed by atoms with Gasteiger partial charge < -0.3 is 16.2 Å². The first-order valence-electron chi connectivity index (χ1n) is 7.28. The van der Waals surface area contributed by atoms with E-state index in [9.17, 15) is 9.59 Å². The van der Waals surface area contributed by atoms with Crippen molar-refractivity contribution in [1.29, 1.82) is 0 Å². The summed E-state index contributed by atoms with van der Waals surface area (Å²) in [4.78, 5) is 23.0. The smallest absolute Gasteiger partial charge is 0.303 e. The molecule has 0 aliphatic rings. The molecule has 5 heteroatoms. The number of nitrogens with one attached hydrogen (secondary N) is 1. The summed E-state index contributed by atoms with van der Waals surface area (Å²) in [5.74, 6) is -1.03. The minimum absolute atomic E-state index is 0.00158. The van der Waals surface area contributed by atoms with Gasteiger partial charge in [0.2, 0.25) is 5.91 Å². The molecule has 1 rings (SSSR count). The Bertz CT molecular complexity index is 462. The predicted octanol–water partition coefficient (Wildman–Crippen LogP) is 2.08. The number of carbonyl (C=O) groups is 2. The number of nitrogens with two attached hydrogens (primary N) is 1. The fourth-order valence-corrected chi connectivity index (χ4v) is 2.06. The summed E-state index contributed by atoms with van der Waals surface area (Å²) in [6.45, 7) is 3.91. The topological polar surface area (TPSA) is 92.4 Å². The molecular formula is C16H24N2O3. The second-order valence-corrected chi connectivity index (χ2v) is 5.32. The fraction of sp³-hybridized carbons (Fsp3) is 0.500. The van der Waals surface area contributed by atoms with Gasteiger partial charge in [-0.1, -0.05) is 50.6 Å².